The summed E-state index contributed by atoms with van der Waals surface area (Å²) >= 11 is 0. The smallest absolute Gasteiger partial charge is 0.267 e. The predicted molar refractivity (Wildman–Crippen MR) is 106 cm³/mol. The molecule has 0 unspecified atom stereocenters. The molecule has 0 saturated carbocycles. The van der Waals surface area contributed by atoms with Crippen molar-refractivity contribution in [1.29, 1.82) is 0 Å². The van der Waals surface area contributed by atoms with Crippen LogP contribution >= 0.6 is 0 Å². The van der Waals surface area contributed by atoms with E-state index in [9.17, 15) is 14.4 Å². The van der Waals surface area contributed by atoms with Gasteiger partial charge in [-0.3, -0.25) is 24.4 Å². The summed E-state index contributed by atoms with van der Waals surface area (Å²) in [4.78, 5) is 46.6. The minimum absolute atomic E-state index is 0.00211. The normalized spacial score (nSPS) is 13.2. The molecule has 1 atom stereocenters. The van der Waals surface area contributed by atoms with Crippen LogP contribution in [0.5, 0.6) is 0 Å². The summed E-state index contributed by atoms with van der Waals surface area (Å²) in [5.74, 6) is -1.70. The topological polar surface area (TPSA) is 168 Å². The zero-order valence-electron chi connectivity index (χ0n) is 15.4. The highest BCUT2D eigenvalue weighted by Gasteiger charge is 2.23. The average Bonchev–Trinajstić information content (AvgIpc) is 3.06. The summed E-state index contributed by atoms with van der Waals surface area (Å²) in [7, 11) is 0. The molecule has 1 aromatic carbocycles. The van der Waals surface area contributed by atoms with Crippen LogP contribution in [-0.4, -0.2) is 34.0 Å². The molecule has 0 radical (unpaired) electrons. The predicted octanol–water partition coefficient (Wildman–Crippen LogP) is 0.467. The molecule has 2 heterocycles. The van der Waals surface area contributed by atoms with Gasteiger partial charge >= 0.3 is 0 Å². The van der Waals surface area contributed by atoms with Crippen LogP contribution in [0.4, 0.5) is 17.5 Å². The maximum Gasteiger partial charge on any atom is 0.267 e. The van der Waals surface area contributed by atoms with Gasteiger partial charge in [-0.1, -0.05) is 19.9 Å². The number of amides is 2. The number of nitrogens with zero attached hydrogens (tertiary/aromatic N) is 2. The lowest BCUT2D eigenvalue weighted by atomic mass is 10.0. The van der Waals surface area contributed by atoms with Crippen molar-refractivity contribution >= 4 is 35.5 Å². The molecule has 0 bridgehead atoms. The highest BCUT2D eigenvalue weighted by Crippen LogP contribution is 2.23. The third kappa shape index (κ3) is 3.85. The number of rotatable bonds is 7. The first-order chi connectivity index (χ1) is 13.3. The molecule has 1 aliphatic rings. The lowest BCUT2D eigenvalue weighted by Crippen LogP contribution is -2.40. The Morgan fingerprint density at radius 2 is 2.00 bits per heavy atom. The number of primary amides is 2. The number of H-pyrrole nitrogens is 1. The SMILES string of the molecule is CC(C)[C@@H](Nc1nc(Nc2ccc3c(c2)C=NC3)c(C(N)=O)c(=O)[nH]1)C(N)=O. The summed E-state index contributed by atoms with van der Waals surface area (Å²) in [6.07, 6.45) is 1.74. The second kappa shape index (κ2) is 7.51. The van der Waals surface area contributed by atoms with Gasteiger partial charge in [-0.05, 0) is 29.2 Å². The summed E-state index contributed by atoms with van der Waals surface area (Å²) in [5.41, 5.74) is 12.3. The second-order valence-electron chi connectivity index (χ2n) is 6.78. The van der Waals surface area contributed by atoms with E-state index in [4.69, 9.17) is 11.5 Å². The zero-order valence-corrected chi connectivity index (χ0v) is 15.4. The molecule has 2 aromatic rings. The Bertz CT molecular complexity index is 1030. The molecule has 0 fully saturated rings. The average molecular weight is 383 g/mol. The van der Waals surface area contributed by atoms with E-state index in [1.807, 2.05) is 12.1 Å². The molecule has 1 aromatic heterocycles. The number of fused-ring (bicyclic) bond motifs is 1. The third-order valence-corrected chi connectivity index (χ3v) is 4.33. The number of nitrogens with one attached hydrogen (secondary N) is 3. The van der Waals surface area contributed by atoms with E-state index in [1.165, 1.54) is 0 Å². The highest BCUT2D eigenvalue weighted by molar-refractivity contribution is 5.98. The maximum absolute atomic E-state index is 12.4. The van der Waals surface area contributed by atoms with Crippen LogP contribution in [0.1, 0.15) is 35.3 Å². The van der Waals surface area contributed by atoms with Crippen molar-refractivity contribution in [2.24, 2.45) is 22.4 Å². The van der Waals surface area contributed by atoms with Crippen molar-refractivity contribution in [2.45, 2.75) is 26.4 Å². The number of nitrogens with two attached hydrogens (primary N) is 2. The standard InChI is InChI=1S/C18H21N7O3/c1-8(2)13(15(20)27)23-18-24-16(12(14(19)26)17(28)25-18)22-11-4-3-9-6-21-7-10(9)5-11/h3-5,7-8,13H,6H2,1-2H3,(H2,19,26)(H2,20,27)(H3,22,23,24,25,28)/t13-/m1/s1. The second-order valence-corrected chi connectivity index (χ2v) is 6.78. The Kier molecular flexibility index (Phi) is 5.12. The highest BCUT2D eigenvalue weighted by atomic mass is 16.2. The molecule has 0 aliphatic carbocycles. The molecule has 10 heteroatoms. The Hall–Kier alpha value is -3.69. The summed E-state index contributed by atoms with van der Waals surface area (Å²) < 4.78 is 0. The molecule has 146 valence electrons. The molecule has 0 saturated heterocycles. The number of hydrogen-bond donors (Lipinski definition) is 5. The van der Waals surface area contributed by atoms with Crippen LogP contribution in [0.2, 0.25) is 0 Å². The van der Waals surface area contributed by atoms with E-state index in [1.54, 1.807) is 26.1 Å². The fourth-order valence-corrected chi connectivity index (χ4v) is 2.89. The van der Waals surface area contributed by atoms with Crippen molar-refractivity contribution in [3.63, 3.8) is 0 Å². The van der Waals surface area contributed by atoms with E-state index >= 15 is 0 Å². The van der Waals surface area contributed by atoms with Gasteiger partial charge in [0.25, 0.3) is 11.5 Å². The minimum Gasteiger partial charge on any atom is -0.368 e. The Morgan fingerprint density at radius 3 is 2.64 bits per heavy atom. The lowest BCUT2D eigenvalue weighted by molar-refractivity contribution is -0.119. The Morgan fingerprint density at radius 1 is 1.25 bits per heavy atom. The van der Waals surface area contributed by atoms with Gasteiger partial charge in [0.2, 0.25) is 11.9 Å². The van der Waals surface area contributed by atoms with Crippen molar-refractivity contribution in [2.75, 3.05) is 10.6 Å². The molecular weight excluding hydrogens is 362 g/mol. The molecule has 3 rings (SSSR count). The maximum atomic E-state index is 12.4. The number of benzene rings is 1. The molecule has 7 N–H and O–H groups in total. The number of aromatic nitrogens is 2. The molecule has 28 heavy (non-hydrogen) atoms. The molecule has 2 amide bonds. The van der Waals surface area contributed by atoms with Crippen molar-refractivity contribution in [3.8, 4) is 0 Å². The molecular formula is C18H21N7O3. The largest absolute Gasteiger partial charge is 0.368 e. The van der Waals surface area contributed by atoms with Gasteiger partial charge in [-0.15, -0.1) is 0 Å². The van der Waals surface area contributed by atoms with Gasteiger partial charge < -0.3 is 22.1 Å². The minimum atomic E-state index is -0.930. The van der Waals surface area contributed by atoms with E-state index in [0.717, 1.165) is 11.1 Å². The Balaban J connectivity index is 1.99. The van der Waals surface area contributed by atoms with Crippen molar-refractivity contribution < 1.29 is 9.59 Å². The first-order valence-electron chi connectivity index (χ1n) is 8.66. The van der Waals surface area contributed by atoms with Gasteiger partial charge in [0, 0.05) is 11.9 Å². The van der Waals surface area contributed by atoms with E-state index in [-0.39, 0.29) is 23.2 Å². The van der Waals surface area contributed by atoms with Crippen LogP contribution in [0.3, 0.4) is 0 Å². The molecule has 10 nitrogen and oxygen atoms in total. The van der Waals surface area contributed by atoms with Gasteiger partial charge in [-0.25, -0.2) is 0 Å². The van der Waals surface area contributed by atoms with Gasteiger partial charge in [0.15, 0.2) is 5.82 Å². The number of aliphatic imine (C=N–C) groups is 1. The first-order valence-corrected chi connectivity index (χ1v) is 8.66. The van der Waals surface area contributed by atoms with Crippen LogP contribution < -0.4 is 27.7 Å². The number of hydrogen-bond acceptors (Lipinski definition) is 7. The zero-order chi connectivity index (χ0) is 20.4. The number of anilines is 3. The van der Waals surface area contributed by atoms with E-state index in [0.29, 0.717) is 12.2 Å². The van der Waals surface area contributed by atoms with Gasteiger partial charge in [0.05, 0.1) is 6.54 Å². The summed E-state index contributed by atoms with van der Waals surface area (Å²) in [6.45, 7) is 4.20. The van der Waals surface area contributed by atoms with E-state index in [2.05, 4.69) is 25.6 Å². The van der Waals surface area contributed by atoms with Gasteiger partial charge in [0.1, 0.15) is 11.6 Å². The first kappa shape index (κ1) is 19.1. The van der Waals surface area contributed by atoms with E-state index < -0.39 is 23.4 Å². The Labute approximate surface area is 160 Å². The summed E-state index contributed by atoms with van der Waals surface area (Å²) in [6, 6.07) is 4.75. The summed E-state index contributed by atoms with van der Waals surface area (Å²) in [5, 5.41) is 5.74. The number of carbonyl (C=O) groups excluding carboxylic acids is 2. The monoisotopic (exact) mass is 383 g/mol. The number of carbonyl (C=O) groups is 2. The fourth-order valence-electron chi connectivity index (χ4n) is 2.89. The third-order valence-electron chi connectivity index (χ3n) is 4.33. The van der Waals surface area contributed by atoms with Crippen LogP contribution in [0.25, 0.3) is 0 Å². The van der Waals surface area contributed by atoms with Crippen LogP contribution in [-0.2, 0) is 11.3 Å². The molecule has 1 aliphatic heterocycles. The van der Waals surface area contributed by atoms with Crippen LogP contribution in [0, 0.1) is 5.92 Å². The quantitative estimate of drug-likeness (QED) is 0.465. The molecule has 0 spiro atoms. The number of aromatic amines is 1. The van der Waals surface area contributed by atoms with Gasteiger partial charge in [-0.2, -0.15) is 4.98 Å². The lowest BCUT2D eigenvalue weighted by Gasteiger charge is -2.20. The van der Waals surface area contributed by atoms with Crippen molar-refractivity contribution in [1.82, 2.24) is 9.97 Å². The van der Waals surface area contributed by atoms with Crippen LogP contribution in [0.15, 0.2) is 28.0 Å². The van der Waals surface area contributed by atoms with Crippen molar-refractivity contribution in [3.05, 3.63) is 45.2 Å². The fraction of sp³-hybridized carbons (Fsp3) is 0.278.